The van der Waals surface area contributed by atoms with Crippen molar-refractivity contribution in [3.63, 3.8) is 0 Å². The predicted molar refractivity (Wildman–Crippen MR) is 62.9 cm³/mol. The van der Waals surface area contributed by atoms with E-state index in [1.165, 1.54) is 12.1 Å². The Bertz CT molecular complexity index is 643. The fourth-order valence-corrected chi connectivity index (χ4v) is 2.59. The number of nitrogen functional groups attached to an aromatic ring is 1. The number of hydrogen-bond acceptors (Lipinski definition) is 5. The molecule has 17 heavy (non-hydrogen) atoms. The number of rotatable bonds is 2. The van der Waals surface area contributed by atoms with E-state index in [4.69, 9.17) is 5.73 Å². The maximum Gasteiger partial charge on any atom is 0.286 e. The number of nitrogens with two attached hydrogens (primary N) is 1. The largest absolute Gasteiger partial charge is 0.367 e. The van der Waals surface area contributed by atoms with Crippen LogP contribution in [0, 0.1) is 13.8 Å². The van der Waals surface area contributed by atoms with Crippen molar-refractivity contribution in [3.8, 4) is 0 Å². The van der Waals surface area contributed by atoms with Crippen LogP contribution < -0.4 is 5.73 Å². The molecule has 0 radical (unpaired) electrons. The molecule has 1 aromatic carbocycles. The van der Waals surface area contributed by atoms with Crippen molar-refractivity contribution in [1.82, 2.24) is 14.2 Å². The lowest BCUT2D eigenvalue weighted by Crippen LogP contribution is -2.17. The Hall–Kier alpha value is -1.89. The highest BCUT2D eigenvalue weighted by Crippen LogP contribution is 2.16. The minimum absolute atomic E-state index is 0.136. The number of aromatic nitrogens is 3. The van der Waals surface area contributed by atoms with E-state index in [9.17, 15) is 8.42 Å². The third-order valence-electron chi connectivity index (χ3n) is 2.25. The Balaban J connectivity index is 2.57. The third kappa shape index (κ3) is 2.01. The highest BCUT2D eigenvalue weighted by Gasteiger charge is 2.21. The van der Waals surface area contributed by atoms with Gasteiger partial charge in [-0.2, -0.15) is 13.4 Å². The molecule has 0 bridgehead atoms. The fourth-order valence-electron chi connectivity index (χ4n) is 1.40. The second-order valence-corrected chi connectivity index (χ2v) is 5.45. The van der Waals surface area contributed by atoms with Crippen LogP contribution in [-0.4, -0.2) is 22.6 Å². The number of anilines is 1. The smallest absolute Gasteiger partial charge is 0.286 e. The number of nitrogens with zero attached hydrogens (tertiary/aromatic N) is 3. The van der Waals surface area contributed by atoms with Crippen molar-refractivity contribution in [2.75, 3.05) is 5.73 Å². The SMILES string of the molecule is Cc1ccc(S(=O)(=O)n2nc(C)nc2N)cc1. The average Bonchev–Trinajstić information content (AvgIpc) is 2.59. The molecule has 0 spiro atoms. The van der Waals surface area contributed by atoms with Gasteiger partial charge in [0.1, 0.15) is 0 Å². The molecule has 0 aliphatic heterocycles. The second kappa shape index (κ2) is 3.85. The van der Waals surface area contributed by atoms with Crippen LogP contribution in [0.15, 0.2) is 29.2 Å². The van der Waals surface area contributed by atoms with Crippen molar-refractivity contribution < 1.29 is 8.42 Å². The number of hydrogen-bond donors (Lipinski definition) is 1. The first-order valence-electron chi connectivity index (χ1n) is 4.92. The summed E-state index contributed by atoms with van der Waals surface area (Å²) in [6, 6.07) is 6.46. The van der Waals surface area contributed by atoms with Gasteiger partial charge in [-0.15, -0.1) is 9.19 Å². The molecule has 0 aliphatic rings. The first-order valence-corrected chi connectivity index (χ1v) is 6.36. The summed E-state index contributed by atoms with van der Waals surface area (Å²) < 4.78 is 25.1. The molecule has 1 heterocycles. The number of aryl methyl sites for hydroxylation is 2. The van der Waals surface area contributed by atoms with Crippen molar-refractivity contribution in [3.05, 3.63) is 35.7 Å². The summed E-state index contributed by atoms with van der Waals surface area (Å²) >= 11 is 0. The molecule has 1 aromatic heterocycles. The molecule has 0 amide bonds. The molecule has 0 atom stereocenters. The van der Waals surface area contributed by atoms with Crippen molar-refractivity contribution in [2.24, 2.45) is 0 Å². The zero-order valence-electron chi connectivity index (χ0n) is 9.45. The minimum Gasteiger partial charge on any atom is -0.367 e. The zero-order chi connectivity index (χ0) is 12.6. The molecule has 0 aliphatic carbocycles. The van der Waals surface area contributed by atoms with Crippen LogP contribution in [0.2, 0.25) is 0 Å². The Kier molecular flexibility index (Phi) is 2.62. The quantitative estimate of drug-likeness (QED) is 0.850. The Labute approximate surface area is 99.1 Å². The van der Waals surface area contributed by atoms with E-state index in [-0.39, 0.29) is 10.8 Å². The first-order chi connectivity index (χ1) is 7.91. The van der Waals surface area contributed by atoms with Gasteiger partial charge in [0.2, 0.25) is 5.95 Å². The van der Waals surface area contributed by atoms with Crippen LogP contribution >= 0.6 is 0 Å². The van der Waals surface area contributed by atoms with Crippen LogP contribution in [0.25, 0.3) is 0 Å². The van der Waals surface area contributed by atoms with Crippen molar-refractivity contribution in [1.29, 1.82) is 0 Å². The van der Waals surface area contributed by atoms with Crippen molar-refractivity contribution in [2.45, 2.75) is 18.7 Å². The third-order valence-corrected chi connectivity index (χ3v) is 3.85. The lowest BCUT2D eigenvalue weighted by Gasteiger charge is -2.04. The molecular weight excluding hydrogens is 240 g/mol. The van der Waals surface area contributed by atoms with E-state index >= 15 is 0 Å². The van der Waals surface area contributed by atoms with Gasteiger partial charge < -0.3 is 5.73 Å². The van der Waals surface area contributed by atoms with E-state index in [1.807, 2.05) is 6.92 Å². The molecule has 2 N–H and O–H groups in total. The Morgan fingerprint density at radius 2 is 1.76 bits per heavy atom. The topological polar surface area (TPSA) is 90.9 Å². The molecule has 0 saturated heterocycles. The van der Waals surface area contributed by atoms with Gasteiger partial charge >= 0.3 is 0 Å². The van der Waals surface area contributed by atoms with Gasteiger partial charge in [-0.3, -0.25) is 0 Å². The van der Waals surface area contributed by atoms with Crippen LogP contribution in [0.5, 0.6) is 0 Å². The molecule has 6 nitrogen and oxygen atoms in total. The second-order valence-electron chi connectivity index (χ2n) is 3.68. The summed E-state index contributed by atoms with van der Waals surface area (Å²) in [4.78, 5) is 3.91. The van der Waals surface area contributed by atoms with Crippen LogP contribution in [0.1, 0.15) is 11.4 Å². The van der Waals surface area contributed by atoms with Gasteiger partial charge in [0.15, 0.2) is 5.82 Å². The summed E-state index contributed by atoms with van der Waals surface area (Å²) in [5, 5.41) is 3.77. The van der Waals surface area contributed by atoms with Gasteiger partial charge in [0.05, 0.1) is 4.90 Å². The molecule has 2 aromatic rings. The Morgan fingerprint density at radius 3 is 2.24 bits per heavy atom. The minimum atomic E-state index is -3.75. The van der Waals surface area contributed by atoms with E-state index in [0.717, 1.165) is 9.65 Å². The van der Waals surface area contributed by atoms with Crippen LogP contribution in [0.3, 0.4) is 0 Å². The molecule has 0 unspecified atom stereocenters. The standard InChI is InChI=1S/C10H12N4O2S/c1-7-3-5-9(6-4-7)17(15,16)14-10(11)12-8(2)13-14/h3-6H,1-2H3,(H2,11,12,13). The van der Waals surface area contributed by atoms with E-state index < -0.39 is 10.0 Å². The summed E-state index contributed by atoms with van der Waals surface area (Å²) in [5.74, 6) is 0.182. The van der Waals surface area contributed by atoms with E-state index in [0.29, 0.717) is 5.82 Å². The first kappa shape index (κ1) is 11.6. The molecule has 7 heteroatoms. The van der Waals surface area contributed by atoms with Gasteiger partial charge in [-0.25, -0.2) is 0 Å². The Morgan fingerprint density at radius 1 is 1.18 bits per heavy atom. The summed E-state index contributed by atoms with van der Waals surface area (Å²) in [6.45, 7) is 3.46. The highest BCUT2D eigenvalue weighted by atomic mass is 32.2. The van der Waals surface area contributed by atoms with Gasteiger partial charge in [0.25, 0.3) is 10.0 Å². The molecule has 0 fully saturated rings. The monoisotopic (exact) mass is 252 g/mol. The lowest BCUT2D eigenvalue weighted by atomic mass is 10.2. The summed E-state index contributed by atoms with van der Waals surface area (Å²) in [7, 11) is -3.75. The molecule has 90 valence electrons. The molecule has 2 rings (SSSR count). The molecular formula is C10H12N4O2S. The van der Waals surface area contributed by atoms with Gasteiger partial charge in [0, 0.05) is 0 Å². The van der Waals surface area contributed by atoms with Gasteiger partial charge in [-0.05, 0) is 26.0 Å². The van der Waals surface area contributed by atoms with E-state index in [1.54, 1.807) is 19.1 Å². The predicted octanol–water partition coefficient (Wildman–Crippen LogP) is 0.714. The summed E-state index contributed by atoms with van der Waals surface area (Å²) in [6.07, 6.45) is 0. The molecule has 0 saturated carbocycles. The maximum absolute atomic E-state index is 12.2. The van der Waals surface area contributed by atoms with Crippen LogP contribution in [-0.2, 0) is 10.0 Å². The number of benzene rings is 1. The van der Waals surface area contributed by atoms with E-state index in [2.05, 4.69) is 10.1 Å². The van der Waals surface area contributed by atoms with Crippen LogP contribution in [0.4, 0.5) is 5.95 Å². The zero-order valence-corrected chi connectivity index (χ0v) is 10.3. The maximum atomic E-state index is 12.2. The lowest BCUT2D eigenvalue weighted by molar-refractivity contribution is 0.580. The average molecular weight is 252 g/mol. The normalized spacial score (nSPS) is 11.6. The van der Waals surface area contributed by atoms with Crippen molar-refractivity contribution >= 4 is 16.0 Å². The van der Waals surface area contributed by atoms with Gasteiger partial charge in [-0.1, -0.05) is 17.7 Å². The highest BCUT2D eigenvalue weighted by molar-refractivity contribution is 7.90. The summed E-state index contributed by atoms with van der Waals surface area (Å²) in [5.41, 5.74) is 6.48. The fraction of sp³-hybridized carbons (Fsp3) is 0.200.